The SMILES string of the molecule is CC(C)C1CCCC(NCCS(C)(=O)=O)C1. The molecule has 2 unspecified atom stereocenters. The minimum Gasteiger partial charge on any atom is -0.313 e. The monoisotopic (exact) mass is 247 g/mol. The van der Waals surface area contributed by atoms with Crippen LogP contribution < -0.4 is 5.32 Å². The summed E-state index contributed by atoms with van der Waals surface area (Å²) >= 11 is 0. The van der Waals surface area contributed by atoms with Gasteiger partial charge in [0.1, 0.15) is 9.84 Å². The number of hydrogen-bond acceptors (Lipinski definition) is 3. The molecule has 0 aromatic carbocycles. The van der Waals surface area contributed by atoms with E-state index in [1.165, 1.54) is 31.9 Å². The van der Waals surface area contributed by atoms with Crippen molar-refractivity contribution in [2.45, 2.75) is 45.6 Å². The summed E-state index contributed by atoms with van der Waals surface area (Å²) in [5.74, 6) is 1.82. The normalized spacial score (nSPS) is 27.2. The maximum Gasteiger partial charge on any atom is 0.148 e. The van der Waals surface area contributed by atoms with Crippen LogP contribution in [-0.2, 0) is 9.84 Å². The van der Waals surface area contributed by atoms with Gasteiger partial charge in [0.25, 0.3) is 0 Å². The van der Waals surface area contributed by atoms with Gasteiger partial charge in [-0.15, -0.1) is 0 Å². The molecule has 0 bridgehead atoms. The van der Waals surface area contributed by atoms with Crippen molar-refractivity contribution in [2.24, 2.45) is 11.8 Å². The molecule has 1 N–H and O–H groups in total. The minimum atomic E-state index is -2.82. The van der Waals surface area contributed by atoms with Gasteiger partial charge in [-0.2, -0.15) is 0 Å². The molecule has 0 amide bonds. The van der Waals surface area contributed by atoms with E-state index in [2.05, 4.69) is 19.2 Å². The van der Waals surface area contributed by atoms with Crippen LogP contribution in [0.4, 0.5) is 0 Å². The van der Waals surface area contributed by atoms with E-state index in [4.69, 9.17) is 0 Å². The topological polar surface area (TPSA) is 46.2 Å². The zero-order chi connectivity index (χ0) is 12.2. The first-order valence-corrected chi connectivity index (χ1v) is 8.35. The Morgan fingerprint density at radius 3 is 2.56 bits per heavy atom. The predicted octanol–water partition coefficient (Wildman–Crippen LogP) is 1.84. The van der Waals surface area contributed by atoms with E-state index in [9.17, 15) is 8.42 Å². The highest BCUT2D eigenvalue weighted by Gasteiger charge is 2.23. The van der Waals surface area contributed by atoms with Crippen LogP contribution in [0.1, 0.15) is 39.5 Å². The molecule has 0 spiro atoms. The van der Waals surface area contributed by atoms with Crippen LogP contribution >= 0.6 is 0 Å². The van der Waals surface area contributed by atoms with E-state index in [1.807, 2.05) is 0 Å². The fourth-order valence-electron chi connectivity index (χ4n) is 2.47. The Labute approximate surface area is 99.9 Å². The van der Waals surface area contributed by atoms with Crippen LogP contribution in [0.2, 0.25) is 0 Å². The van der Waals surface area contributed by atoms with E-state index < -0.39 is 9.84 Å². The largest absolute Gasteiger partial charge is 0.313 e. The molecule has 0 aromatic rings. The Bertz CT molecular complexity index is 298. The molecule has 1 saturated carbocycles. The van der Waals surface area contributed by atoms with Crippen molar-refractivity contribution in [3.63, 3.8) is 0 Å². The van der Waals surface area contributed by atoms with Crippen molar-refractivity contribution >= 4 is 9.84 Å². The van der Waals surface area contributed by atoms with Gasteiger partial charge in [-0.25, -0.2) is 8.42 Å². The first-order valence-electron chi connectivity index (χ1n) is 6.29. The first kappa shape index (κ1) is 14.0. The van der Waals surface area contributed by atoms with Gasteiger partial charge >= 0.3 is 0 Å². The lowest BCUT2D eigenvalue weighted by molar-refractivity contribution is 0.233. The lowest BCUT2D eigenvalue weighted by atomic mass is 9.79. The lowest BCUT2D eigenvalue weighted by Gasteiger charge is -2.32. The van der Waals surface area contributed by atoms with Gasteiger partial charge in [-0.3, -0.25) is 0 Å². The Balaban J connectivity index is 2.27. The second-order valence-corrected chi connectivity index (χ2v) is 7.71. The van der Waals surface area contributed by atoms with Crippen LogP contribution in [-0.4, -0.2) is 33.0 Å². The lowest BCUT2D eigenvalue weighted by Crippen LogP contribution is -2.37. The van der Waals surface area contributed by atoms with Crippen LogP contribution in [0.25, 0.3) is 0 Å². The molecule has 16 heavy (non-hydrogen) atoms. The van der Waals surface area contributed by atoms with Gasteiger partial charge in [-0.05, 0) is 24.7 Å². The smallest absolute Gasteiger partial charge is 0.148 e. The molecule has 1 aliphatic carbocycles. The molecule has 4 heteroatoms. The number of rotatable bonds is 5. The van der Waals surface area contributed by atoms with E-state index in [0.717, 1.165) is 11.8 Å². The molecule has 0 radical (unpaired) electrons. The second-order valence-electron chi connectivity index (χ2n) is 5.45. The molecular formula is C12H25NO2S. The molecule has 1 aliphatic rings. The standard InChI is InChI=1S/C12H25NO2S/c1-10(2)11-5-4-6-12(9-11)13-7-8-16(3,14)15/h10-13H,4-9H2,1-3H3. The van der Waals surface area contributed by atoms with E-state index in [0.29, 0.717) is 12.6 Å². The molecule has 1 fully saturated rings. The van der Waals surface area contributed by atoms with Gasteiger partial charge in [-0.1, -0.05) is 26.7 Å². The van der Waals surface area contributed by atoms with Crippen LogP contribution in [0.3, 0.4) is 0 Å². The van der Waals surface area contributed by atoms with E-state index in [1.54, 1.807) is 0 Å². The fourth-order valence-corrected chi connectivity index (χ4v) is 2.96. The average molecular weight is 247 g/mol. The van der Waals surface area contributed by atoms with Crippen LogP contribution in [0.15, 0.2) is 0 Å². The predicted molar refractivity (Wildman–Crippen MR) is 68.3 cm³/mol. The highest BCUT2D eigenvalue weighted by molar-refractivity contribution is 7.90. The number of hydrogen-bond donors (Lipinski definition) is 1. The third kappa shape index (κ3) is 5.30. The molecule has 0 aliphatic heterocycles. The molecule has 0 heterocycles. The van der Waals surface area contributed by atoms with Crippen molar-refractivity contribution in [1.82, 2.24) is 5.32 Å². The Morgan fingerprint density at radius 2 is 2.00 bits per heavy atom. The van der Waals surface area contributed by atoms with E-state index in [-0.39, 0.29) is 5.75 Å². The molecule has 3 nitrogen and oxygen atoms in total. The van der Waals surface area contributed by atoms with Gasteiger partial charge in [0, 0.05) is 18.8 Å². The molecule has 2 atom stereocenters. The zero-order valence-electron chi connectivity index (χ0n) is 10.7. The molecule has 96 valence electrons. The summed E-state index contributed by atoms with van der Waals surface area (Å²) in [5.41, 5.74) is 0. The van der Waals surface area contributed by atoms with Crippen molar-refractivity contribution in [3.8, 4) is 0 Å². The highest BCUT2D eigenvalue weighted by Crippen LogP contribution is 2.29. The number of nitrogens with one attached hydrogen (secondary N) is 1. The first-order chi connectivity index (χ1) is 7.38. The van der Waals surface area contributed by atoms with Gasteiger partial charge in [0.15, 0.2) is 0 Å². The zero-order valence-corrected chi connectivity index (χ0v) is 11.5. The molecule has 0 saturated heterocycles. The Morgan fingerprint density at radius 1 is 1.31 bits per heavy atom. The third-order valence-electron chi connectivity index (χ3n) is 3.56. The summed E-state index contributed by atoms with van der Waals surface area (Å²) in [5, 5.41) is 3.38. The summed E-state index contributed by atoms with van der Waals surface area (Å²) < 4.78 is 22.0. The summed E-state index contributed by atoms with van der Waals surface area (Å²) in [4.78, 5) is 0. The average Bonchev–Trinajstić information content (AvgIpc) is 2.16. The van der Waals surface area contributed by atoms with Crippen molar-refractivity contribution < 1.29 is 8.42 Å². The van der Waals surface area contributed by atoms with Crippen LogP contribution in [0, 0.1) is 11.8 Å². The Kier molecular flexibility index (Phi) is 5.25. The Hall–Kier alpha value is -0.0900. The number of sulfone groups is 1. The van der Waals surface area contributed by atoms with Gasteiger partial charge in [0.05, 0.1) is 5.75 Å². The highest BCUT2D eigenvalue weighted by atomic mass is 32.2. The molecule has 1 rings (SSSR count). The summed E-state index contributed by atoms with van der Waals surface area (Å²) in [6.45, 7) is 5.17. The van der Waals surface area contributed by atoms with Gasteiger partial charge in [0.2, 0.25) is 0 Å². The fraction of sp³-hybridized carbons (Fsp3) is 1.00. The minimum absolute atomic E-state index is 0.260. The second kappa shape index (κ2) is 6.01. The quantitative estimate of drug-likeness (QED) is 0.806. The summed E-state index contributed by atoms with van der Waals surface area (Å²) in [6.07, 6.45) is 6.32. The van der Waals surface area contributed by atoms with Crippen molar-refractivity contribution in [1.29, 1.82) is 0 Å². The molecule has 0 aromatic heterocycles. The van der Waals surface area contributed by atoms with E-state index >= 15 is 0 Å². The third-order valence-corrected chi connectivity index (χ3v) is 4.51. The van der Waals surface area contributed by atoms with Crippen molar-refractivity contribution in [2.75, 3.05) is 18.6 Å². The summed E-state index contributed by atoms with van der Waals surface area (Å²) in [7, 11) is -2.82. The van der Waals surface area contributed by atoms with Crippen LogP contribution in [0.5, 0.6) is 0 Å². The van der Waals surface area contributed by atoms with Crippen molar-refractivity contribution in [3.05, 3.63) is 0 Å². The summed E-state index contributed by atoms with van der Waals surface area (Å²) in [6, 6.07) is 0.530. The van der Waals surface area contributed by atoms with Gasteiger partial charge < -0.3 is 5.32 Å². The molecular weight excluding hydrogens is 222 g/mol. The maximum atomic E-state index is 11.0. The maximum absolute atomic E-state index is 11.0.